The number of aromatic nitrogens is 3. The second kappa shape index (κ2) is 15.5. The molecule has 10 N–H and O–H groups in total. The Hall–Kier alpha value is -7.84. The minimum absolute atomic E-state index is 0.0247. The highest BCUT2D eigenvalue weighted by Crippen LogP contribution is 2.60. The van der Waals surface area contributed by atoms with Gasteiger partial charge in [0, 0.05) is 5.56 Å². The third-order valence-corrected chi connectivity index (χ3v) is 12.3. The first kappa shape index (κ1) is 42.5. The van der Waals surface area contributed by atoms with Gasteiger partial charge in [0.15, 0.2) is 52.0 Å². The molecular formula is C45H23B6N3O10S. The molecule has 0 aliphatic heterocycles. The van der Waals surface area contributed by atoms with Crippen LogP contribution in [0.5, 0.6) is 57.5 Å². The number of phenols is 10. The predicted octanol–water partition coefficient (Wildman–Crippen LogP) is 2.06. The van der Waals surface area contributed by atoms with Gasteiger partial charge < -0.3 is 51.1 Å². The zero-order chi connectivity index (χ0) is 46.5. The van der Waals surface area contributed by atoms with Gasteiger partial charge in [-0.2, -0.15) is 0 Å². The van der Waals surface area contributed by atoms with E-state index < -0.39 is 114 Å². The smallest absolute Gasteiger partial charge is 0.201 e. The molecule has 0 unspecified atom stereocenters. The van der Waals surface area contributed by atoms with Gasteiger partial charge in [-0.05, 0) is 44.8 Å². The maximum absolute atomic E-state index is 11.7. The molecule has 9 aromatic rings. The molecule has 302 valence electrons. The summed E-state index contributed by atoms with van der Waals surface area (Å²) in [7, 11) is 36.4. The molecule has 0 saturated heterocycles. The van der Waals surface area contributed by atoms with Crippen LogP contribution in [0, 0.1) is 0 Å². The van der Waals surface area contributed by atoms with Crippen molar-refractivity contribution in [2.75, 3.05) is 0 Å². The van der Waals surface area contributed by atoms with Gasteiger partial charge in [0.25, 0.3) is 0 Å². The van der Waals surface area contributed by atoms with Gasteiger partial charge >= 0.3 is 0 Å². The van der Waals surface area contributed by atoms with Crippen LogP contribution in [0.3, 0.4) is 0 Å². The maximum atomic E-state index is 11.7. The lowest BCUT2D eigenvalue weighted by atomic mass is 9.65. The molecule has 12 radical (unpaired) electrons. The molecule has 13 nitrogen and oxygen atoms in total. The molecular weight excluding hydrogens is 839 g/mol. The predicted molar refractivity (Wildman–Crippen MR) is 254 cm³/mol. The van der Waals surface area contributed by atoms with Crippen LogP contribution in [0.4, 0.5) is 0 Å². The van der Waals surface area contributed by atoms with E-state index >= 15 is 0 Å². The first-order chi connectivity index (χ1) is 30.9. The summed E-state index contributed by atoms with van der Waals surface area (Å²) in [4.78, 5) is 13.1. The standard InChI is InChI=1S/C45H23B6N3O10S/c46-25-22(31(55)29(50)28(49)27(25)48)43-52-44(23-26(47)37(61)30(51)38(62)35(23)59)54-45(53-43)24-36(60)40(64)34(58)21-20-33(57)39(63)32(56)19(41(20)65-42(21)24)18-8-4-7-17(13-18)16-11-9-15(10-12-16)14-5-2-1-3-6-14/h1-13,55-64H. The van der Waals surface area contributed by atoms with Crippen molar-refractivity contribution < 1.29 is 51.1 Å². The van der Waals surface area contributed by atoms with Gasteiger partial charge in [-0.25, -0.2) is 15.0 Å². The normalized spacial score (nSPS) is 11.4. The summed E-state index contributed by atoms with van der Waals surface area (Å²) in [5.41, 5.74) is -0.653. The second-order valence-electron chi connectivity index (χ2n) is 14.8. The average Bonchev–Trinajstić information content (AvgIpc) is 3.70. The van der Waals surface area contributed by atoms with Crippen LogP contribution in [0.1, 0.15) is 0 Å². The van der Waals surface area contributed by atoms with Crippen LogP contribution in [0.25, 0.3) is 87.7 Å². The fourth-order valence-corrected chi connectivity index (χ4v) is 9.10. The largest absolute Gasteiger partial charge is 0.509 e. The molecule has 2 aromatic heterocycles. The highest BCUT2D eigenvalue weighted by Gasteiger charge is 2.32. The van der Waals surface area contributed by atoms with Gasteiger partial charge in [0.2, 0.25) is 11.5 Å². The van der Waals surface area contributed by atoms with Gasteiger partial charge in [-0.3, -0.25) is 0 Å². The van der Waals surface area contributed by atoms with Gasteiger partial charge in [-0.1, -0.05) is 83.7 Å². The fraction of sp³-hybridized carbons (Fsp3) is 0. The van der Waals surface area contributed by atoms with Crippen LogP contribution in [-0.2, 0) is 0 Å². The van der Waals surface area contributed by atoms with E-state index in [0.29, 0.717) is 11.1 Å². The lowest BCUT2D eigenvalue weighted by Gasteiger charge is -2.20. The third kappa shape index (κ3) is 6.42. The SMILES string of the molecule is [B]c1c([B])c([B])c(-c2nc(-c3c([B])c(O)c([B])c(O)c3O)nc(-c3c(O)c(O)c(O)c4c3sc3c(-c5cccc(-c6ccc(-c7ccccc7)cc6)c5)c(O)c(O)c(O)c34)n2)c(O)c1[B]. The number of hydrogen-bond donors (Lipinski definition) is 10. The molecule has 0 spiro atoms. The molecule has 0 aliphatic rings. The number of fused-ring (bicyclic) bond motifs is 3. The second-order valence-corrected chi connectivity index (χ2v) is 15.8. The van der Waals surface area contributed by atoms with Gasteiger partial charge in [0.05, 0.1) is 36.9 Å². The molecule has 9 rings (SSSR count). The summed E-state index contributed by atoms with van der Waals surface area (Å²) < 4.78 is -0.157. The first-order valence-electron chi connectivity index (χ1n) is 19.0. The molecule has 0 fully saturated rings. The molecule has 0 aliphatic carbocycles. The Morgan fingerprint density at radius 3 is 1.32 bits per heavy atom. The minimum Gasteiger partial charge on any atom is -0.509 e. The molecule has 7 aromatic carbocycles. The number of aromatic hydroxyl groups is 10. The quantitative estimate of drug-likeness (QED) is 0.0656. The van der Waals surface area contributed by atoms with Crippen LogP contribution < -0.4 is 32.8 Å². The van der Waals surface area contributed by atoms with Crippen molar-refractivity contribution in [3.63, 3.8) is 0 Å². The summed E-state index contributed by atoms with van der Waals surface area (Å²) in [6.07, 6.45) is 0. The van der Waals surface area contributed by atoms with Crippen LogP contribution in [-0.4, -0.2) is 113 Å². The molecule has 2 heterocycles. The van der Waals surface area contributed by atoms with E-state index in [1.54, 1.807) is 18.2 Å². The highest BCUT2D eigenvalue weighted by molar-refractivity contribution is 7.27. The summed E-state index contributed by atoms with van der Waals surface area (Å²) in [5.74, 6) is -11.5. The number of benzene rings is 7. The molecule has 0 bridgehead atoms. The number of hydrogen-bond acceptors (Lipinski definition) is 14. The summed E-state index contributed by atoms with van der Waals surface area (Å²) in [6.45, 7) is 0. The Labute approximate surface area is 379 Å². The lowest BCUT2D eigenvalue weighted by Crippen LogP contribution is -2.48. The molecule has 0 saturated carbocycles. The topological polar surface area (TPSA) is 241 Å². The summed E-state index contributed by atoms with van der Waals surface area (Å²) in [6, 6.07) is 24.4. The van der Waals surface area contributed by atoms with Crippen molar-refractivity contribution in [3.05, 3.63) is 78.9 Å². The van der Waals surface area contributed by atoms with E-state index in [1.165, 1.54) is 0 Å². The van der Waals surface area contributed by atoms with E-state index in [-0.39, 0.29) is 36.7 Å². The fourth-order valence-electron chi connectivity index (χ4n) is 7.69. The van der Waals surface area contributed by atoms with Crippen LogP contribution in [0.15, 0.2) is 78.9 Å². The first-order valence-corrected chi connectivity index (χ1v) is 19.8. The zero-order valence-electron chi connectivity index (χ0n) is 33.2. The van der Waals surface area contributed by atoms with Crippen LogP contribution >= 0.6 is 11.3 Å². The Kier molecular flexibility index (Phi) is 10.1. The molecule has 20 heteroatoms. The van der Waals surface area contributed by atoms with Crippen molar-refractivity contribution in [3.8, 4) is 125 Å². The average molecular weight is 863 g/mol. The number of nitrogens with zero attached hydrogens (tertiary/aromatic N) is 3. The van der Waals surface area contributed by atoms with Crippen molar-refractivity contribution in [1.82, 2.24) is 15.0 Å². The minimum atomic E-state index is -1.17. The van der Waals surface area contributed by atoms with E-state index in [2.05, 4.69) is 15.0 Å². The third-order valence-electron chi connectivity index (χ3n) is 11.1. The summed E-state index contributed by atoms with van der Waals surface area (Å²) in [5, 5.41) is 112. The Balaban J connectivity index is 1.34. The van der Waals surface area contributed by atoms with Crippen molar-refractivity contribution in [2.24, 2.45) is 0 Å². The zero-order valence-corrected chi connectivity index (χ0v) is 34.0. The molecule has 65 heavy (non-hydrogen) atoms. The number of phenolic OH excluding ortho intramolecular Hbond substituents is 10. The van der Waals surface area contributed by atoms with Crippen molar-refractivity contribution in [2.45, 2.75) is 0 Å². The molecule has 0 amide bonds. The monoisotopic (exact) mass is 863 g/mol. The van der Waals surface area contributed by atoms with E-state index in [0.717, 1.165) is 28.0 Å². The van der Waals surface area contributed by atoms with E-state index in [4.69, 9.17) is 47.1 Å². The van der Waals surface area contributed by atoms with E-state index in [9.17, 15) is 51.1 Å². The maximum Gasteiger partial charge on any atom is 0.201 e. The van der Waals surface area contributed by atoms with Crippen LogP contribution in [0.2, 0.25) is 0 Å². The Bertz CT molecular complexity index is 3380. The molecule has 0 atom stereocenters. The van der Waals surface area contributed by atoms with Crippen molar-refractivity contribution in [1.29, 1.82) is 0 Å². The number of rotatable bonds is 6. The van der Waals surface area contributed by atoms with Gasteiger partial charge in [0.1, 0.15) is 58.6 Å². The Morgan fingerprint density at radius 2 is 0.738 bits per heavy atom. The lowest BCUT2D eigenvalue weighted by molar-refractivity contribution is 0.370. The summed E-state index contributed by atoms with van der Waals surface area (Å²) >= 11 is 0.746. The number of thiophene rings is 1. The van der Waals surface area contributed by atoms with Crippen molar-refractivity contribution >= 4 is 111 Å². The highest BCUT2D eigenvalue weighted by atomic mass is 32.1. The Morgan fingerprint density at radius 1 is 0.308 bits per heavy atom. The van der Waals surface area contributed by atoms with E-state index in [1.807, 2.05) is 60.7 Å². The van der Waals surface area contributed by atoms with Gasteiger partial charge in [-0.15, -0.1) is 22.3 Å².